The van der Waals surface area contributed by atoms with E-state index in [0.29, 0.717) is 6.20 Å². The number of sulfone groups is 1. The summed E-state index contributed by atoms with van der Waals surface area (Å²) >= 11 is 0. The summed E-state index contributed by atoms with van der Waals surface area (Å²) in [5.41, 5.74) is -7.36. The van der Waals surface area contributed by atoms with Gasteiger partial charge in [0.2, 0.25) is 5.82 Å². The summed E-state index contributed by atoms with van der Waals surface area (Å²) in [5, 5.41) is 8.26. The molecule has 4 rings (SSSR count). The highest BCUT2D eigenvalue weighted by Crippen LogP contribution is 2.59. The van der Waals surface area contributed by atoms with Crippen molar-refractivity contribution in [1.82, 2.24) is 15.2 Å². The molecule has 0 atom stereocenters. The fourth-order valence-corrected chi connectivity index (χ4v) is 4.55. The van der Waals surface area contributed by atoms with Gasteiger partial charge >= 0.3 is 12.4 Å². The van der Waals surface area contributed by atoms with Gasteiger partial charge in [-0.25, -0.2) is 17.8 Å². The number of hydrogen-bond acceptors (Lipinski definition) is 7. The standard InChI is InChI=1S/C23H16F8N4O4S/c1-10-14(18(36)33-11-4-3-5-12(8-11)40(2,37)38)19(35-34-17(10)22(26,27)28)39-20-16(25)15(24)13(9-32-20)21(6-7-21)23(29,30)31/h3-5,8-9H,6-7H2,1-2H3,(H,33,36). The third kappa shape index (κ3) is 5.29. The Morgan fingerprint density at radius 2 is 1.68 bits per heavy atom. The van der Waals surface area contributed by atoms with E-state index in [-0.39, 0.29) is 10.6 Å². The van der Waals surface area contributed by atoms with Crippen LogP contribution in [-0.2, 0) is 21.4 Å². The maximum Gasteiger partial charge on any atom is 0.435 e. The SMILES string of the molecule is Cc1c(C(F)(F)F)nnc(Oc2ncc(C3(C(F)(F)F)CC3)c(F)c2F)c1C(=O)Nc1cccc(S(C)(=O)=O)c1. The summed E-state index contributed by atoms with van der Waals surface area (Å²) in [6.07, 6.45) is -9.78. The maximum absolute atomic E-state index is 14.8. The first kappa shape index (κ1) is 29.1. The minimum atomic E-state index is -5.12. The smallest absolute Gasteiger partial charge is 0.415 e. The van der Waals surface area contributed by atoms with Crippen LogP contribution in [-0.4, -0.2) is 41.9 Å². The molecule has 1 aromatic carbocycles. The van der Waals surface area contributed by atoms with Crippen LogP contribution in [0.3, 0.4) is 0 Å². The maximum atomic E-state index is 14.8. The van der Waals surface area contributed by atoms with Gasteiger partial charge in [0.25, 0.3) is 17.7 Å². The van der Waals surface area contributed by atoms with Gasteiger partial charge in [-0.15, -0.1) is 10.2 Å². The number of anilines is 1. The Morgan fingerprint density at radius 3 is 2.23 bits per heavy atom. The number of halogens is 8. The van der Waals surface area contributed by atoms with Crippen molar-refractivity contribution in [2.24, 2.45) is 0 Å². The lowest BCUT2D eigenvalue weighted by Crippen LogP contribution is -2.30. The molecule has 0 saturated heterocycles. The molecule has 1 aliphatic carbocycles. The lowest BCUT2D eigenvalue weighted by Gasteiger charge is -2.20. The molecule has 0 radical (unpaired) electrons. The quantitative estimate of drug-likeness (QED) is 0.373. The van der Waals surface area contributed by atoms with Gasteiger partial charge in [0.1, 0.15) is 5.56 Å². The largest absolute Gasteiger partial charge is 0.435 e. The third-order valence-corrected chi connectivity index (χ3v) is 7.24. The summed E-state index contributed by atoms with van der Waals surface area (Å²) in [5.74, 6) is -7.69. The number of alkyl halides is 6. The summed E-state index contributed by atoms with van der Waals surface area (Å²) in [6.45, 7) is 0.805. The van der Waals surface area contributed by atoms with Crippen molar-refractivity contribution in [1.29, 1.82) is 0 Å². The number of benzene rings is 1. The first-order chi connectivity index (χ1) is 18.4. The van der Waals surface area contributed by atoms with Gasteiger partial charge in [0.15, 0.2) is 21.3 Å². The molecule has 40 heavy (non-hydrogen) atoms. The lowest BCUT2D eigenvalue weighted by atomic mass is 9.96. The van der Waals surface area contributed by atoms with Crippen molar-refractivity contribution in [3.63, 3.8) is 0 Å². The van der Waals surface area contributed by atoms with Crippen LogP contribution < -0.4 is 10.1 Å². The van der Waals surface area contributed by atoms with Crippen molar-refractivity contribution in [3.8, 4) is 11.8 Å². The molecule has 17 heteroatoms. The lowest BCUT2D eigenvalue weighted by molar-refractivity contribution is -0.161. The molecule has 1 fully saturated rings. The fraction of sp³-hybridized carbons (Fsp3) is 0.304. The molecule has 0 spiro atoms. The number of nitrogens with one attached hydrogen (secondary N) is 1. The molecule has 0 aliphatic heterocycles. The topological polar surface area (TPSA) is 111 Å². The third-order valence-electron chi connectivity index (χ3n) is 6.13. The molecule has 1 saturated carbocycles. The van der Waals surface area contributed by atoms with E-state index in [1.165, 1.54) is 18.2 Å². The van der Waals surface area contributed by atoms with Crippen LogP contribution in [0.2, 0.25) is 0 Å². The Hall–Kier alpha value is -3.89. The van der Waals surface area contributed by atoms with Crippen molar-refractivity contribution >= 4 is 21.4 Å². The van der Waals surface area contributed by atoms with Gasteiger partial charge in [0.05, 0.1) is 10.3 Å². The number of aromatic nitrogens is 3. The number of ether oxygens (including phenoxy) is 1. The summed E-state index contributed by atoms with van der Waals surface area (Å²) in [7, 11) is -3.74. The van der Waals surface area contributed by atoms with Gasteiger partial charge in [0, 0.05) is 23.7 Å². The predicted molar refractivity (Wildman–Crippen MR) is 120 cm³/mol. The van der Waals surface area contributed by atoms with E-state index in [4.69, 9.17) is 4.74 Å². The average Bonchev–Trinajstić information content (AvgIpc) is 3.63. The van der Waals surface area contributed by atoms with Gasteiger partial charge < -0.3 is 10.1 Å². The molecular weight excluding hydrogens is 580 g/mol. The highest BCUT2D eigenvalue weighted by molar-refractivity contribution is 7.90. The molecule has 1 aliphatic rings. The number of pyridine rings is 1. The molecule has 2 heterocycles. The number of nitrogens with zero attached hydrogens (tertiary/aromatic N) is 3. The second-order valence-electron chi connectivity index (χ2n) is 8.89. The van der Waals surface area contributed by atoms with Crippen molar-refractivity contribution in [2.45, 2.75) is 42.4 Å². The summed E-state index contributed by atoms with van der Waals surface area (Å²) < 4.78 is 139. The van der Waals surface area contributed by atoms with Crippen LogP contribution in [0.5, 0.6) is 11.8 Å². The first-order valence-corrected chi connectivity index (χ1v) is 12.9. The fourth-order valence-electron chi connectivity index (χ4n) is 3.88. The Kier molecular flexibility index (Phi) is 7.01. The van der Waals surface area contributed by atoms with Crippen LogP contribution in [0.4, 0.5) is 40.8 Å². The van der Waals surface area contributed by atoms with Crippen LogP contribution in [0.25, 0.3) is 0 Å². The van der Waals surface area contributed by atoms with Crippen LogP contribution in [0, 0.1) is 18.6 Å². The minimum absolute atomic E-state index is 0.176. The van der Waals surface area contributed by atoms with Gasteiger partial charge in [-0.2, -0.15) is 30.7 Å². The van der Waals surface area contributed by atoms with Gasteiger partial charge in [-0.05, 0) is 43.5 Å². The second-order valence-corrected chi connectivity index (χ2v) is 10.9. The number of carbonyl (C=O) groups is 1. The van der Waals surface area contributed by atoms with Crippen LogP contribution in [0.15, 0.2) is 35.4 Å². The average molecular weight is 596 g/mol. The number of carbonyl (C=O) groups excluding carboxylic acids is 1. The molecule has 214 valence electrons. The zero-order valence-corrected chi connectivity index (χ0v) is 21.0. The van der Waals surface area contributed by atoms with Crippen molar-refractivity contribution in [2.75, 3.05) is 11.6 Å². The highest BCUT2D eigenvalue weighted by Gasteiger charge is 2.65. The number of amides is 1. The molecule has 8 nitrogen and oxygen atoms in total. The Bertz CT molecular complexity index is 1620. The zero-order chi connectivity index (χ0) is 29.8. The first-order valence-electron chi connectivity index (χ1n) is 11.0. The highest BCUT2D eigenvalue weighted by atomic mass is 32.2. The van der Waals surface area contributed by atoms with Crippen LogP contribution in [0.1, 0.15) is 40.0 Å². The van der Waals surface area contributed by atoms with E-state index in [1.54, 1.807) is 0 Å². The molecule has 0 unspecified atom stereocenters. The van der Waals surface area contributed by atoms with E-state index >= 15 is 0 Å². The second kappa shape index (κ2) is 9.64. The van der Waals surface area contributed by atoms with Gasteiger partial charge in [-0.3, -0.25) is 4.79 Å². The summed E-state index contributed by atoms with van der Waals surface area (Å²) in [4.78, 5) is 16.2. The molecule has 3 aromatic rings. The van der Waals surface area contributed by atoms with Crippen LogP contribution >= 0.6 is 0 Å². The van der Waals surface area contributed by atoms with E-state index < -0.39 is 92.1 Å². The molecule has 1 N–H and O–H groups in total. The van der Waals surface area contributed by atoms with Gasteiger partial charge in [-0.1, -0.05) is 6.07 Å². The minimum Gasteiger partial charge on any atom is -0.415 e. The molecule has 0 bridgehead atoms. The van der Waals surface area contributed by atoms with Crippen molar-refractivity contribution in [3.05, 3.63) is 64.5 Å². The van der Waals surface area contributed by atoms with E-state index in [9.17, 15) is 48.3 Å². The predicted octanol–water partition coefficient (Wildman–Crippen LogP) is 5.52. The summed E-state index contributed by atoms with van der Waals surface area (Å²) in [6, 6.07) is 4.65. The van der Waals surface area contributed by atoms with E-state index in [1.807, 2.05) is 0 Å². The Balaban J connectivity index is 1.76. The molecule has 1 amide bonds. The van der Waals surface area contributed by atoms with E-state index in [2.05, 4.69) is 20.5 Å². The number of rotatable bonds is 6. The van der Waals surface area contributed by atoms with E-state index in [0.717, 1.165) is 19.2 Å². The molecule has 2 aromatic heterocycles. The normalized spacial score (nSPS) is 15.1. The molecular formula is C23H16F8N4O4S. The Labute approximate surface area is 220 Å². The zero-order valence-electron chi connectivity index (χ0n) is 20.2. The Morgan fingerprint density at radius 1 is 1.02 bits per heavy atom. The number of hydrogen-bond donors (Lipinski definition) is 1. The monoisotopic (exact) mass is 596 g/mol. The van der Waals surface area contributed by atoms with Crippen molar-refractivity contribution < 1.29 is 53.1 Å².